The standard InChI is InChI=1S/C21H27N4O9P/c1-12(2)16(21(29)31-3)24-35(30,34-13-7-5-4-6-8-13)32-10-15-17(26)18(27)20(33-15)25-11-23-14(9-22)19(25)28/h4-8,11-12,15-18,20,26-28H,10H2,1-3H3,(H,24,30)/t15-,16+,17-,18-,20-,35?/m1/s1. The summed E-state index contributed by atoms with van der Waals surface area (Å²) in [5.41, 5.74) is -0.289. The van der Waals surface area contributed by atoms with Crippen LogP contribution in [0.25, 0.3) is 0 Å². The van der Waals surface area contributed by atoms with Crippen molar-refractivity contribution in [2.24, 2.45) is 5.92 Å². The fraction of sp³-hybridized carbons (Fsp3) is 0.476. The average Bonchev–Trinajstić information content (AvgIpc) is 3.34. The predicted octanol–water partition coefficient (Wildman–Crippen LogP) is 1.07. The van der Waals surface area contributed by atoms with E-state index in [0.717, 1.165) is 10.9 Å². The van der Waals surface area contributed by atoms with Crippen molar-refractivity contribution in [1.29, 1.82) is 5.26 Å². The Bertz CT molecular complexity index is 1100. The molecule has 2 aromatic rings. The summed E-state index contributed by atoms with van der Waals surface area (Å²) >= 11 is 0. The summed E-state index contributed by atoms with van der Waals surface area (Å²) in [5, 5.41) is 42.5. The van der Waals surface area contributed by atoms with Gasteiger partial charge in [0.2, 0.25) is 11.6 Å². The van der Waals surface area contributed by atoms with Crippen molar-refractivity contribution in [2.75, 3.05) is 13.7 Å². The molecule has 0 aliphatic carbocycles. The van der Waals surface area contributed by atoms with Gasteiger partial charge in [-0.15, -0.1) is 0 Å². The lowest BCUT2D eigenvalue weighted by molar-refractivity contribution is -0.143. The minimum atomic E-state index is -4.25. The van der Waals surface area contributed by atoms with Gasteiger partial charge < -0.3 is 29.3 Å². The number of methoxy groups -OCH3 is 1. The Labute approximate surface area is 201 Å². The molecule has 1 aromatic heterocycles. The van der Waals surface area contributed by atoms with Crippen LogP contribution in [-0.2, 0) is 23.4 Å². The SMILES string of the molecule is COC(=O)[C@@H](NP(=O)(OC[C@H]1O[C@@H](n2cnc(C#N)c2O)[C@H](O)[C@@H]1O)Oc1ccccc1)C(C)C. The number of carbonyl (C=O) groups is 1. The lowest BCUT2D eigenvalue weighted by Gasteiger charge is -2.27. The van der Waals surface area contributed by atoms with E-state index in [2.05, 4.69) is 10.1 Å². The number of aromatic nitrogens is 2. The zero-order chi connectivity index (χ0) is 25.8. The average molecular weight is 510 g/mol. The molecular weight excluding hydrogens is 483 g/mol. The van der Waals surface area contributed by atoms with Crippen LogP contribution in [0.2, 0.25) is 0 Å². The van der Waals surface area contributed by atoms with Crippen molar-refractivity contribution in [1.82, 2.24) is 14.6 Å². The molecule has 1 aliphatic rings. The number of hydrogen-bond donors (Lipinski definition) is 4. The number of aliphatic hydroxyl groups is 2. The number of imidazole rings is 1. The van der Waals surface area contributed by atoms with E-state index in [9.17, 15) is 24.7 Å². The summed E-state index contributed by atoms with van der Waals surface area (Å²) in [6, 6.07) is 8.74. The number of hydrogen-bond acceptors (Lipinski definition) is 11. The number of aliphatic hydroxyl groups excluding tert-OH is 2. The monoisotopic (exact) mass is 510 g/mol. The number of nitriles is 1. The second-order valence-corrected chi connectivity index (χ2v) is 9.75. The number of ether oxygens (including phenoxy) is 2. The number of esters is 1. The van der Waals surface area contributed by atoms with E-state index in [1.807, 2.05) is 0 Å². The van der Waals surface area contributed by atoms with E-state index in [-0.39, 0.29) is 17.4 Å². The molecule has 190 valence electrons. The Hall–Kier alpha value is -2.98. The van der Waals surface area contributed by atoms with Gasteiger partial charge in [-0.2, -0.15) is 10.3 Å². The minimum Gasteiger partial charge on any atom is -0.492 e. The summed E-state index contributed by atoms with van der Waals surface area (Å²) in [5.74, 6) is -1.40. The largest absolute Gasteiger partial charge is 0.492 e. The van der Waals surface area contributed by atoms with Crippen molar-refractivity contribution in [3.05, 3.63) is 42.4 Å². The molecule has 1 aliphatic heterocycles. The highest BCUT2D eigenvalue weighted by molar-refractivity contribution is 7.52. The Kier molecular flexibility index (Phi) is 8.50. The molecule has 0 saturated carbocycles. The minimum absolute atomic E-state index is 0.189. The summed E-state index contributed by atoms with van der Waals surface area (Å²) in [6.45, 7) is 2.89. The van der Waals surface area contributed by atoms with Crippen LogP contribution in [-0.4, -0.2) is 68.9 Å². The van der Waals surface area contributed by atoms with Crippen LogP contribution >= 0.6 is 7.75 Å². The Balaban J connectivity index is 1.79. The second-order valence-electron chi connectivity index (χ2n) is 8.05. The molecule has 0 radical (unpaired) electrons. The third kappa shape index (κ3) is 5.99. The van der Waals surface area contributed by atoms with Gasteiger partial charge in [0.15, 0.2) is 6.23 Å². The molecule has 1 unspecified atom stereocenters. The normalized spacial score (nSPS) is 24.5. The van der Waals surface area contributed by atoms with Gasteiger partial charge in [-0.1, -0.05) is 32.0 Å². The molecule has 1 aromatic carbocycles. The van der Waals surface area contributed by atoms with Crippen molar-refractivity contribution in [3.63, 3.8) is 0 Å². The first-order valence-electron chi connectivity index (χ1n) is 10.6. The van der Waals surface area contributed by atoms with Gasteiger partial charge in [0.05, 0.1) is 13.7 Å². The van der Waals surface area contributed by atoms with Crippen LogP contribution in [0.4, 0.5) is 0 Å². The summed E-state index contributed by atoms with van der Waals surface area (Å²) < 4.78 is 36.1. The number of carbonyl (C=O) groups excluding carboxylic acids is 1. The Morgan fingerprint density at radius 3 is 2.57 bits per heavy atom. The number of nitrogens with zero attached hydrogens (tertiary/aromatic N) is 3. The van der Waals surface area contributed by atoms with Gasteiger partial charge in [0, 0.05) is 0 Å². The Morgan fingerprint density at radius 1 is 1.31 bits per heavy atom. The van der Waals surface area contributed by atoms with Crippen LogP contribution in [0.3, 0.4) is 0 Å². The van der Waals surface area contributed by atoms with E-state index in [4.69, 9.17) is 23.8 Å². The first kappa shape index (κ1) is 26.6. The molecule has 0 spiro atoms. The van der Waals surface area contributed by atoms with E-state index in [1.165, 1.54) is 19.2 Å². The van der Waals surface area contributed by atoms with E-state index >= 15 is 0 Å². The lowest BCUT2D eigenvalue weighted by atomic mass is 10.1. The molecule has 2 heterocycles. The number of para-hydroxylation sites is 1. The van der Waals surface area contributed by atoms with Gasteiger partial charge in [-0.25, -0.2) is 9.55 Å². The van der Waals surface area contributed by atoms with Crippen molar-refractivity contribution in [3.8, 4) is 17.7 Å². The number of aromatic hydroxyl groups is 1. The summed E-state index contributed by atoms with van der Waals surface area (Å²) in [4.78, 5) is 15.9. The summed E-state index contributed by atoms with van der Waals surface area (Å²) in [6.07, 6.45) is -4.48. The highest BCUT2D eigenvalue weighted by atomic mass is 31.2. The highest BCUT2D eigenvalue weighted by Gasteiger charge is 2.46. The van der Waals surface area contributed by atoms with E-state index in [0.29, 0.717) is 0 Å². The van der Waals surface area contributed by atoms with E-state index < -0.39 is 56.8 Å². The summed E-state index contributed by atoms with van der Waals surface area (Å²) in [7, 11) is -3.06. The predicted molar refractivity (Wildman–Crippen MR) is 119 cm³/mol. The van der Waals surface area contributed by atoms with Gasteiger partial charge in [0.25, 0.3) is 0 Å². The maximum atomic E-state index is 13.7. The van der Waals surface area contributed by atoms with E-state index in [1.54, 1.807) is 38.1 Å². The fourth-order valence-electron chi connectivity index (χ4n) is 3.37. The first-order valence-corrected chi connectivity index (χ1v) is 12.2. The molecule has 0 amide bonds. The van der Waals surface area contributed by atoms with Crippen LogP contribution < -0.4 is 9.61 Å². The van der Waals surface area contributed by atoms with Gasteiger partial charge in [-0.05, 0) is 18.1 Å². The molecule has 35 heavy (non-hydrogen) atoms. The lowest BCUT2D eigenvalue weighted by Crippen LogP contribution is -2.42. The first-order chi connectivity index (χ1) is 16.6. The zero-order valence-electron chi connectivity index (χ0n) is 19.2. The third-order valence-corrected chi connectivity index (χ3v) is 6.82. The number of nitrogens with one attached hydrogen (secondary N) is 1. The number of rotatable bonds is 10. The highest BCUT2D eigenvalue weighted by Crippen LogP contribution is 2.46. The molecule has 13 nitrogen and oxygen atoms in total. The third-order valence-electron chi connectivity index (χ3n) is 5.28. The zero-order valence-corrected chi connectivity index (χ0v) is 20.1. The number of benzene rings is 1. The van der Waals surface area contributed by atoms with Gasteiger partial charge in [-0.3, -0.25) is 13.9 Å². The van der Waals surface area contributed by atoms with Crippen molar-refractivity contribution >= 4 is 13.7 Å². The second kappa shape index (κ2) is 11.2. The quantitative estimate of drug-likeness (QED) is 0.264. The van der Waals surface area contributed by atoms with Gasteiger partial charge >= 0.3 is 13.7 Å². The molecule has 1 saturated heterocycles. The molecule has 0 bridgehead atoms. The topological polar surface area (TPSA) is 185 Å². The molecule has 4 N–H and O–H groups in total. The van der Waals surface area contributed by atoms with Crippen LogP contribution in [0.5, 0.6) is 11.6 Å². The molecule has 1 fully saturated rings. The van der Waals surface area contributed by atoms with Crippen LogP contribution in [0.15, 0.2) is 36.7 Å². The van der Waals surface area contributed by atoms with Crippen LogP contribution in [0.1, 0.15) is 25.8 Å². The van der Waals surface area contributed by atoms with Crippen LogP contribution in [0, 0.1) is 17.2 Å². The van der Waals surface area contributed by atoms with Gasteiger partial charge in [0.1, 0.15) is 42.5 Å². The fourth-order valence-corrected chi connectivity index (χ4v) is 5.04. The smallest absolute Gasteiger partial charge is 0.459 e. The Morgan fingerprint density at radius 2 is 2.00 bits per heavy atom. The van der Waals surface area contributed by atoms with Crippen molar-refractivity contribution < 1.29 is 43.2 Å². The molecule has 6 atom stereocenters. The van der Waals surface area contributed by atoms with Crippen molar-refractivity contribution in [2.45, 2.75) is 44.4 Å². The molecular formula is C21H27N4O9P. The maximum absolute atomic E-state index is 13.7. The maximum Gasteiger partial charge on any atom is 0.459 e. The molecule has 3 rings (SSSR count). The molecule has 14 heteroatoms.